The highest BCUT2D eigenvalue weighted by molar-refractivity contribution is 5.79. The molecule has 2 bridgehead atoms. The number of ether oxygens (including phenoxy) is 1. The minimum Gasteiger partial charge on any atom is -0.396 e. The first kappa shape index (κ1) is 16.7. The van der Waals surface area contributed by atoms with Crippen LogP contribution in [0.4, 0.5) is 0 Å². The third-order valence-electron chi connectivity index (χ3n) is 6.28. The zero-order chi connectivity index (χ0) is 17.8. The van der Waals surface area contributed by atoms with Gasteiger partial charge in [-0.15, -0.1) is 0 Å². The normalized spacial score (nSPS) is 33.1. The Labute approximate surface area is 146 Å². The molecular formula is C18H25N3O4. The fraction of sp³-hybridized carbons (Fsp3) is 0.722. The van der Waals surface area contributed by atoms with Crippen LogP contribution in [0.2, 0.25) is 0 Å². The lowest BCUT2D eigenvalue weighted by Gasteiger charge is -2.27. The van der Waals surface area contributed by atoms with Crippen LogP contribution in [0.25, 0.3) is 0 Å². The minimum absolute atomic E-state index is 0.0628. The number of nitrogens with zero attached hydrogens (tertiary/aromatic N) is 2. The Morgan fingerprint density at radius 1 is 1.52 bits per heavy atom. The lowest BCUT2D eigenvalue weighted by atomic mass is 9.74. The lowest BCUT2D eigenvalue weighted by molar-refractivity contribution is -0.131. The number of nitrogens with one attached hydrogen (secondary N) is 1. The highest BCUT2D eigenvalue weighted by Crippen LogP contribution is 2.54. The quantitative estimate of drug-likeness (QED) is 0.810. The van der Waals surface area contributed by atoms with Gasteiger partial charge in [-0.25, -0.2) is 4.98 Å². The Bertz CT molecular complexity index is 761. The van der Waals surface area contributed by atoms with Gasteiger partial charge in [-0.1, -0.05) is 6.92 Å². The van der Waals surface area contributed by atoms with Crippen LogP contribution < -0.4 is 5.56 Å². The first-order chi connectivity index (χ1) is 12.0. The molecule has 7 nitrogen and oxygen atoms in total. The number of fused-ring (bicyclic) bond motifs is 1. The number of likely N-dealkylation sites (tertiary alicyclic amines) is 1. The van der Waals surface area contributed by atoms with E-state index in [-0.39, 0.29) is 48.0 Å². The molecule has 0 aliphatic carbocycles. The summed E-state index contributed by atoms with van der Waals surface area (Å²) in [4.78, 5) is 34.0. The number of aliphatic hydroxyl groups is 1. The SMILES string of the molecule is CCc1nc(C)c(CC(=O)N2C[C@H]3[C@@H](CO)[C@@H]4CC[C@@]3(C2)O4)c(=O)[nH]1. The van der Waals surface area contributed by atoms with Crippen LogP contribution in [0.1, 0.15) is 36.8 Å². The van der Waals surface area contributed by atoms with E-state index in [9.17, 15) is 14.7 Å². The van der Waals surface area contributed by atoms with Gasteiger partial charge in [0.05, 0.1) is 24.7 Å². The number of aromatic nitrogens is 2. The van der Waals surface area contributed by atoms with E-state index in [0.29, 0.717) is 36.6 Å². The van der Waals surface area contributed by atoms with Crippen LogP contribution in [0.5, 0.6) is 0 Å². The fourth-order valence-electron chi connectivity index (χ4n) is 4.93. The molecule has 0 saturated carbocycles. The summed E-state index contributed by atoms with van der Waals surface area (Å²) in [7, 11) is 0. The highest BCUT2D eigenvalue weighted by atomic mass is 16.5. The van der Waals surface area contributed by atoms with E-state index in [4.69, 9.17) is 4.74 Å². The Hall–Kier alpha value is -1.73. The molecule has 4 heterocycles. The molecule has 4 rings (SSSR count). The first-order valence-corrected chi connectivity index (χ1v) is 9.12. The number of aromatic amines is 1. The van der Waals surface area contributed by atoms with Crippen molar-refractivity contribution in [2.45, 2.75) is 51.2 Å². The van der Waals surface area contributed by atoms with Crippen LogP contribution in [-0.4, -0.2) is 57.3 Å². The molecule has 2 N–H and O–H groups in total. The number of carbonyl (C=O) groups excluding carboxylic acids is 1. The standard InChI is InChI=1S/C18H25N3O4/c1-3-15-19-10(2)11(17(24)20-15)6-16(23)21-7-13-12(8-22)14-4-5-18(13,9-21)25-14/h12-14,22H,3-9H2,1-2H3,(H,19,20,24)/t12-,13+,14+,18+/m1/s1. The molecule has 1 amide bonds. The van der Waals surface area contributed by atoms with E-state index in [1.54, 1.807) is 6.92 Å². The van der Waals surface area contributed by atoms with Gasteiger partial charge < -0.3 is 19.7 Å². The van der Waals surface area contributed by atoms with Gasteiger partial charge in [-0.2, -0.15) is 0 Å². The predicted molar refractivity (Wildman–Crippen MR) is 90.2 cm³/mol. The van der Waals surface area contributed by atoms with Crippen LogP contribution in [-0.2, 0) is 22.4 Å². The van der Waals surface area contributed by atoms with Gasteiger partial charge in [0.25, 0.3) is 5.56 Å². The molecule has 4 atom stereocenters. The number of rotatable bonds is 4. The van der Waals surface area contributed by atoms with Crippen molar-refractivity contribution in [3.63, 3.8) is 0 Å². The van der Waals surface area contributed by atoms with Gasteiger partial charge in [0.15, 0.2) is 0 Å². The molecule has 3 aliphatic heterocycles. The van der Waals surface area contributed by atoms with Gasteiger partial charge in [0.2, 0.25) is 5.91 Å². The molecule has 136 valence electrons. The molecule has 0 unspecified atom stereocenters. The number of hydrogen-bond donors (Lipinski definition) is 2. The predicted octanol–water partition coefficient (Wildman–Crippen LogP) is 0.182. The van der Waals surface area contributed by atoms with Crippen molar-refractivity contribution in [1.29, 1.82) is 0 Å². The van der Waals surface area contributed by atoms with Crippen molar-refractivity contribution in [3.8, 4) is 0 Å². The van der Waals surface area contributed by atoms with Crippen molar-refractivity contribution in [2.75, 3.05) is 19.7 Å². The maximum Gasteiger partial charge on any atom is 0.254 e. The van der Waals surface area contributed by atoms with Crippen LogP contribution in [0, 0.1) is 18.8 Å². The van der Waals surface area contributed by atoms with Crippen molar-refractivity contribution in [1.82, 2.24) is 14.9 Å². The Kier molecular flexibility index (Phi) is 3.96. The second-order valence-electron chi connectivity index (χ2n) is 7.59. The maximum absolute atomic E-state index is 12.8. The molecule has 0 radical (unpaired) electrons. The van der Waals surface area contributed by atoms with Crippen molar-refractivity contribution < 1.29 is 14.6 Å². The zero-order valence-electron chi connectivity index (χ0n) is 14.7. The molecule has 3 aliphatic rings. The molecular weight excluding hydrogens is 322 g/mol. The molecule has 1 aromatic rings. The Morgan fingerprint density at radius 3 is 3.00 bits per heavy atom. The number of aryl methyl sites for hydroxylation is 2. The summed E-state index contributed by atoms with van der Waals surface area (Å²) in [6, 6.07) is 0. The second kappa shape index (κ2) is 5.92. The van der Waals surface area contributed by atoms with Crippen molar-refractivity contribution in [2.24, 2.45) is 11.8 Å². The summed E-state index contributed by atoms with van der Waals surface area (Å²) in [6.45, 7) is 5.00. The summed E-state index contributed by atoms with van der Waals surface area (Å²) in [5, 5.41) is 9.68. The van der Waals surface area contributed by atoms with Crippen LogP contribution in [0.15, 0.2) is 4.79 Å². The van der Waals surface area contributed by atoms with E-state index < -0.39 is 0 Å². The smallest absolute Gasteiger partial charge is 0.254 e. The van der Waals surface area contributed by atoms with E-state index in [0.717, 1.165) is 12.8 Å². The largest absolute Gasteiger partial charge is 0.396 e. The fourth-order valence-corrected chi connectivity index (χ4v) is 4.93. The van der Waals surface area contributed by atoms with Gasteiger partial charge in [0.1, 0.15) is 5.82 Å². The molecule has 7 heteroatoms. The number of H-pyrrole nitrogens is 1. The summed E-state index contributed by atoms with van der Waals surface area (Å²) in [6.07, 6.45) is 2.78. The third-order valence-corrected chi connectivity index (χ3v) is 6.28. The van der Waals surface area contributed by atoms with Crippen LogP contribution in [0.3, 0.4) is 0 Å². The van der Waals surface area contributed by atoms with Crippen molar-refractivity contribution >= 4 is 5.91 Å². The molecule has 3 saturated heterocycles. The average Bonchev–Trinajstić information content (AvgIpc) is 3.24. The number of carbonyl (C=O) groups is 1. The maximum atomic E-state index is 12.8. The van der Waals surface area contributed by atoms with Crippen LogP contribution >= 0.6 is 0 Å². The molecule has 25 heavy (non-hydrogen) atoms. The highest BCUT2D eigenvalue weighted by Gasteiger charge is 2.63. The molecule has 1 spiro atoms. The van der Waals surface area contributed by atoms with Crippen molar-refractivity contribution in [3.05, 3.63) is 27.4 Å². The number of amides is 1. The van der Waals surface area contributed by atoms with Gasteiger partial charge in [0, 0.05) is 42.7 Å². The van der Waals surface area contributed by atoms with Gasteiger partial charge in [-0.05, 0) is 19.8 Å². The lowest BCUT2D eigenvalue weighted by Crippen LogP contribution is -2.38. The van der Waals surface area contributed by atoms with E-state index in [1.807, 2.05) is 11.8 Å². The topological polar surface area (TPSA) is 95.5 Å². The molecule has 0 aromatic carbocycles. The van der Waals surface area contributed by atoms with Gasteiger partial charge in [-0.3, -0.25) is 9.59 Å². The van der Waals surface area contributed by atoms with E-state index >= 15 is 0 Å². The van der Waals surface area contributed by atoms with E-state index in [2.05, 4.69) is 9.97 Å². The summed E-state index contributed by atoms with van der Waals surface area (Å²) < 4.78 is 6.16. The monoisotopic (exact) mass is 347 g/mol. The average molecular weight is 347 g/mol. The zero-order valence-corrected chi connectivity index (χ0v) is 14.7. The molecule has 3 fully saturated rings. The Morgan fingerprint density at radius 2 is 2.32 bits per heavy atom. The number of hydrogen-bond acceptors (Lipinski definition) is 5. The van der Waals surface area contributed by atoms with E-state index in [1.165, 1.54) is 0 Å². The first-order valence-electron chi connectivity index (χ1n) is 9.12. The summed E-state index contributed by atoms with van der Waals surface area (Å²) in [5.41, 5.74) is 0.567. The third kappa shape index (κ3) is 2.52. The summed E-state index contributed by atoms with van der Waals surface area (Å²) in [5.74, 6) is 0.916. The molecule has 1 aromatic heterocycles. The number of aliphatic hydroxyl groups excluding tert-OH is 1. The summed E-state index contributed by atoms with van der Waals surface area (Å²) >= 11 is 0. The Balaban J connectivity index is 1.51. The van der Waals surface area contributed by atoms with Gasteiger partial charge >= 0.3 is 0 Å². The second-order valence-corrected chi connectivity index (χ2v) is 7.59. The minimum atomic E-state index is -0.278.